The van der Waals surface area contributed by atoms with Gasteiger partial charge in [-0.15, -0.1) is 0 Å². The van der Waals surface area contributed by atoms with E-state index in [-0.39, 0.29) is 5.82 Å². The Morgan fingerprint density at radius 2 is 1.95 bits per heavy atom. The third-order valence-corrected chi connectivity index (χ3v) is 5.07. The molecule has 2 aliphatic rings. The second-order valence-electron chi connectivity index (χ2n) is 6.42. The van der Waals surface area contributed by atoms with Crippen LogP contribution in [0.25, 0.3) is 0 Å². The van der Waals surface area contributed by atoms with Crippen LogP contribution in [0.5, 0.6) is 0 Å². The second-order valence-corrected chi connectivity index (χ2v) is 6.42. The number of aliphatic hydroxyl groups excluding tert-OH is 1. The minimum Gasteiger partial charge on any atom is -0.389 e. The maximum atomic E-state index is 13.4. The molecule has 1 aromatic rings. The van der Waals surface area contributed by atoms with E-state index in [0.717, 1.165) is 36.2 Å². The molecule has 3 rings (SSSR count). The van der Waals surface area contributed by atoms with Gasteiger partial charge in [-0.2, -0.15) is 0 Å². The summed E-state index contributed by atoms with van der Waals surface area (Å²) in [6, 6.07) is 4.82. The van der Waals surface area contributed by atoms with Gasteiger partial charge in [0.15, 0.2) is 0 Å². The average Bonchev–Trinajstić information content (AvgIpc) is 2.46. The topological polar surface area (TPSA) is 23.5 Å². The lowest BCUT2D eigenvalue weighted by molar-refractivity contribution is 0.193. The van der Waals surface area contributed by atoms with Crippen LogP contribution in [0.3, 0.4) is 0 Å². The van der Waals surface area contributed by atoms with E-state index in [0.29, 0.717) is 0 Å². The molecule has 3 heteroatoms. The molecule has 0 radical (unpaired) electrons. The van der Waals surface area contributed by atoms with Crippen molar-refractivity contribution in [2.75, 3.05) is 18.0 Å². The number of piperidine rings is 1. The summed E-state index contributed by atoms with van der Waals surface area (Å²) in [5, 5.41) is 9.90. The highest BCUT2D eigenvalue weighted by atomic mass is 19.1. The van der Waals surface area contributed by atoms with Gasteiger partial charge in [-0.25, -0.2) is 4.39 Å². The molecule has 0 bridgehead atoms. The fraction of sp³-hybridized carbons (Fsp3) is 0.647. The molecule has 1 aromatic carbocycles. The van der Waals surface area contributed by atoms with E-state index in [9.17, 15) is 9.50 Å². The molecule has 1 saturated carbocycles. The number of anilines is 1. The van der Waals surface area contributed by atoms with Crippen LogP contribution in [-0.2, 0) is 0 Å². The number of nitrogens with zero attached hydrogens (tertiary/aromatic N) is 1. The van der Waals surface area contributed by atoms with Crippen LogP contribution in [0, 0.1) is 17.7 Å². The lowest BCUT2D eigenvalue weighted by atomic mass is 9.75. The Bertz CT molecular complexity index is 474. The number of hydrogen-bond donors (Lipinski definition) is 1. The van der Waals surface area contributed by atoms with Crippen molar-refractivity contribution in [3.05, 3.63) is 29.6 Å². The van der Waals surface area contributed by atoms with Gasteiger partial charge in [-0.05, 0) is 49.8 Å². The van der Waals surface area contributed by atoms with Gasteiger partial charge < -0.3 is 10.0 Å². The van der Waals surface area contributed by atoms with Gasteiger partial charge in [0.2, 0.25) is 0 Å². The third kappa shape index (κ3) is 2.69. The van der Waals surface area contributed by atoms with E-state index >= 15 is 0 Å². The molecule has 1 heterocycles. The molecule has 1 saturated heterocycles. The molecular weight excluding hydrogens is 253 g/mol. The van der Waals surface area contributed by atoms with Crippen molar-refractivity contribution in [2.45, 2.75) is 45.1 Å². The van der Waals surface area contributed by atoms with Gasteiger partial charge in [-0.3, -0.25) is 0 Å². The van der Waals surface area contributed by atoms with E-state index in [1.165, 1.54) is 44.2 Å². The summed E-state index contributed by atoms with van der Waals surface area (Å²) in [7, 11) is 0. The van der Waals surface area contributed by atoms with Crippen molar-refractivity contribution >= 4 is 5.69 Å². The van der Waals surface area contributed by atoms with E-state index in [1.807, 2.05) is 6.07 Å². The van der Waals surface area contributed by atoms with E-state index in [1.54, 1.807) is 6.92 Å². The lowest BCUT2D eigenvalue weighted by Crippen LogP contribution is -2.42. The first-order valence-corrected chi connectivity index (χ1v) is 7.87. The van der Waals surface area contributed by atoms with Crippen LogP contribution in [0.1, 0.15) is 50.7 Å². The first-order valence-electron chi connectivity index (χ1n) is 7.87. The molecular formula is C17H24FNO. The number of aliphatic hydroxyl groups is 1. The van der Waals surface area contributed by atoms with Crippen LogP contribution < -0.4 is 4.90 Å². The molecule has 1 aliphatic heterocycles. The van der Waals surface area contributed by atoms with Crippen LogP contribution in [0.15, 0.2) is 18.2 Å². The summed E-state index contributed by atoms with van der Waals surface area (Å²) in [5.41, 5.74) is 1.74. The van der Waals surface area contributed by atoms with Gasteiger partial charge in [0.05, 0.1) is 6.10 Å². The van der Waals surface area contributed by atoms with E-state index in [4.69, 9.17) is 0 Å². The van der Waals surface area contributed by atoms with E-state index in [2.05, 4.69) is 4.90 Å². The van der Waals surface area contributed by atoms with Crippen LogP contribution in [0.4, 0.5) is 10.1 Å². The number of hydrogen-bond acceptors (Lipinski definition) is 2. The van der Waals surface area contributed by atoms with Crippen LogP contribution >= 0.6 is 0 Å². The van der Waals surface area contributed by atoms with Gasteiger partial charge in [0.25, 0.3) is 0 Å². The maximum Gasteiger partial charge on any atom is 0.123 e. The summed E-state index contributed by atoms with van der Waals surface area (Å²) in [6.45, 7) is 3.81. The Kier molecular flexibility index (Phi) is 3.97. The van der Waals surface area contributed by atoms with Crippen molar-refractivity contribution in [2.24, 2.45) is 11.8 Å². The minimum absolute atomic E-state index is 0.266. The van der Waals surface area contributed by atoms with Crippen molar-refractivity contribution in [1.82, 2.24) is 0 Å². The average molecular weight is 277 g/mol. The van der Waals surface area contributed by atoms with E-state index < -0.39 is 6.10 Å². The summed E-state index contributed by atoms with van der Waals surface area (Å²) in [5.74, 6) is 1.40. The molecule has 0 aromatic heterocycles. The predicted octanol–water partition coefficient (Wildman–Crippen LogP) is 3.90. The zero-order valence-electron chi connectivity index (χ0n) is 12.2. The van der Waals surface area contributed by atoms with Gasteiger partial charge in [0.1, 0.15) is 5.82 Å². The fourth-order valence-corrected chi connectivity index (χ4v) is 3.97. The second kappa shape index (κ2) is 5.72. The smallest absolute Gasteiger partial charge is 0.123 e. The summed E-state index contributed by atoms with van der Waals surface area (Å²) < 4.78 is 13.4. The molecule has 2 fully saturated rings. The van der Waals surface area contributed by atoms with Gasteiger partial charge in [0, 0.05) is 24.3 Å². The lowest BCUT2D eigenvalue weighted by Gasteiger charge is -2.43. The fourth-order valence-electron chi connectivity index (χ4n) is 3.97. The summed E-state index contributed by atoms with van der Waals surface area (Å²) >= 11 is 0. The maximum absolute atomic E-state index is 13.4. The van der Waals surface area contributed by atoms with Crippen molar-refractivity contribution < 1.29 is 9.50 Å². The number of rotatable bonds is 2. The Balaban J connectivity index is 1.82. The standard InChI is InChI=1S/C17H24FNO/c1-12(20)16-10-15(18)6-7-17(16)19-9-8-13-4-2-3-5-14(13)11-19/h6-7,10,12-14,20H,2-5,8-9,11H2,1H3/t12-,13?,14?/m0/s1. The van der Waals surface area contributed by atoms with Crippen molar-refractivity contribution in [1.29, 1.82) is 0 Å². The highest BCUT2D eigenvalue weighted by Crippen LogP contribution is 2.39. The van der Waals surface area contributed by atoms with Gasteiger partial charge >= 0.3 is 0 Å². The molecule has 1 N–H and O–H groups in total. The Labute approximate surface area is 120 Å². The highest BCUT2D eigenvalue weighted by molar-refractivity contribution is 5.55. The zero-order chi connectivity index (χ0) is 14.1. The quantitative estimate of drug-likeness (QED) is 0.886. The normalized spacial score (nSPS) is 28.1. The molecule has 0 spiro atoms. The molecule has 3 atom stereocenters. The minimum atomic E-state index is -0.621. The Morgan fingerprint density at radius 1 is 1.20 bits per heavy atom. The molecule has 2 unspecified atom stereocenters. The highest BCUT2D eigenvalue weighted by Gasteiger charge is 2.32. The predicted molar refractivity (Wildman–Crippen MR) is 79.3 cm³/mol. The first kappa shape index (κ1) is 13.9. The number of benzene rings is 1. The Hall–Kier alpha value is -1.09. The summed E-state index contributed by atoms with van der Waals surface area (Å²) in [6.07, 6.45) is 6.06. The largest absolute Gasteiger partial charge is 0.389 e. The number of fused-ring (bicyclic) bond motifs is 1. The zero-order valence-corrected chi connectivity index (χ0v) is 12.2. The number of halogens is 1. The van der Waals surface area contributed by atoms with Gasteiger partial charge in [-0.1, -0.05) is 19.3 Å². The molecule has 20 heavy (non-hydrogen) atoms. The Morgan fingerprint density at radius 3 is 2.70 bits per heavy atom. The molecule has 110 valence electrons. The van der Waals surface area contributed by atoms with Crippen LogP contribution in [-0.4, -0.2) is 18.2 Å². The SMILES string of the molecule is C[C@H](O)c1cc(F)ccc1N1CCC2CCCCC2C1. The van der Waals surface area contributed by atoms with Crippen molar-refractivity contribution in [3.63, 3.8) is 0 Å². The summed E-state index contributed by atoms with van der Waals surface area (Å²) in [4.78, 5) is 2.36. The monoisotopic (exact) mass is 277 g/mol. The van der Waals surface area contributed by atoms with Crippen molar-refractivity contribution in [3.8, 4) is 0 Å². The first-order chi connectivity index (χ1) is 9.65. The molecule has 1 aliphatic carbocycles. The molecule has 0 amide bonds. The molecule has 2 nitrogen and oxygen atoms in total. The van der Waals surface area contributed by atoms with Crippen LogP contribution in [0.2, 0.25) is 0 Å². The third-order valence-electron chi connectivity index (χ3n) is 5.07.